The highest BCUT2D eigenvalue weighted by Gasteiger charge is 2.31. The summed E-state index contributed by atoms with van der Waals surface area (Å²) >= 11 is 0. The zero-order chi connectivity index (χ0) is 19.9. The highest BCUT2D eigenvalue weighted by Crippen LogP contribution is 2.44. The van der Waals surface area contributed by atoms with Gasteiger partial charge in [-0.15, -0.1) is 0 Å². The molecule has 1 nitrogen and oxygen atoms in total. The van der Waals surface area contributed by atoms with E-state index in [2.05, 4.69) is 6.92 Å². The van der Waals surface area contributed by atoms with Crippen molar-refractivity contribution in [2.45, 2.75) is 96.5 Å². The molecule has 0 heterocycles. The number of benzene rings is 1. The van der Waals surface area contributed by atoms with Crippen molar-refractivity contribution < 1.29 is 13.5 Å². The molecule has 2 saturated carbocycles. The molecule has 2 fully saturated rings. The minimum atomic E-state index is -0.458. The van der Waals surface area contributed by atoms with Gasteiger partial charge in [-0.05, 0) is 79.9 Å². The van der Waals surface area contributed by atoms with E-state index in [9.17, 15) is 8.78 Å². The van der Waals surface area contributed by atoms with Gasteiger partial charge in [-0.2, -0.15) is 0 Å². The minimum absolute atomic E-state index is 0.00813. The van der Waals surface area contributed by atoms with Gasteiger partial charge in [-0.3, -0.25) is 0 Å². The van der Waals surface area contributed by atoms with Gasteiger partial charge < -0.3 is 4.74 Å². The van der Waals surface area contributed by atoms with Crippen LogP contribution in [0.25, 0.3) is 0 Å². The molecular formula is C25H38F2O. The molecule has 1 aromatic carbocycles. The number of methoxy groups -OCH3 is 1. The first kappa shape index (κ1) is 21.7. The third kappa shape index (κ3) is 5.55. The molecule has 0 unspecified atom stereocenters. The maximum absolute atomic E-state index is 14.2. The quantitative estimate of drug-likeness (QED) is 0.411. The molecule has 0 spiro atoms. The summed E-state index contributed by atoms with van der Waals surface area (Å²) in [6.45, 7) is 2.27. The van der Waals surface area contributed by atoms with E-state index in [0.29, 0.717) is 5.92 Å². The molecule has 158 valence electrons. The van der Waals surface area contributed by atoms with E-state index >= 15 is 0 Å². The molecule has 0 amide bonds. The van der Waals surface area contributed by atoms with Crippen molar-refractivity contribution in [3.05, 3.63) is 34.9 Å². The predicted octanol–water partition coefficient (Wildman–Crippen LogP) is 7.77. The molecule has 0 aliphatic heterocycles. The molecule has 0 N–H and O–H groups in total. The van der Waals surface area contributed by atoms with Crippen molar-refractivity contribution in [3.63, 3.8) is 0 Å². The smallest absolute Gasteiger partial charge is 0.131 e. The Bertz CT molecular complexity index is 576. The zero-order valence-electron chi connectivity index (χ0n) is 17.8. The number of halogens is 2. The van der Waals surface area contributed by atoms with E-state index in [4.69, 9.17) is 4.74 Å². The first-order valence-electron chi connectivity index (χ1n) is 11.6. The molecule has 1 aromatic rings. The minimum Gasteiger partial charge on any atom is -0.380 e. The molecule has 0 atom stereocenters. The monoisotopic (exact) mass is 392 g/mol. The van der Waals surface area contributed by atoms with Crippen molar-refractivity contribution in [2.75, 3.05) is 7.11 Å². The summed E-state index contributed by atoms with van der Waals surface area (Å²) in [7, 11) is 1.47. The lowest BCUT2D eigenvalue weighted by Crippen LogP contribution is -2.25. The second-order valence-corrected chi connectivity index (χ2v) is 9.28. The topological polar surface area (TPSA) is 9.23 Å². The van der Waals surface area contributed by atoms with Crippen LogP contribution in [0.5, 0.6) is 0 Å². The van der Waals surface area contributed by atoms with Crippen molar-refractivity contribution in [1.82, 2.24) is 0 Å². The van der Waals surface area contributed by atoms with E-state index in [1.807, 2.05) is 0 Å². The van der Waals surface area contributed by atoms with Gasteiger partial charge in [-0.1, -0.05) is 45.4 Å². The van der Waals surface area contributed by atoms with Gasteiger partial charge in [0.15, 0.2) is 0 Å². The Kier molecular flexibility index (Phi) is 8.32. The van der Waals surface area contributed by atoms with Crippen LogP contribution in [-0.4, -0.2) is 7.11 Å². The fourth-order valence-corrected chi connectivity index (χ4v) is 5.70. The van der Waals surface area contributed by atoms with Crippen LogP contribution in [0, 0.1) is 29.4 Å². The first-order chi connectivity index (χ1) is 13.6. The van der Waals surface area contributed by atoms with Crippen molar-refractivity contribution in [3.8, 4) is 0 Å². The van der Waals surface area contributed by atoms with Crippen LogP contribution in [0.4, 0.5) is 8.78 Å². The third-order valence-corrected chi connectivity index (χ3v) is 7.47. The molecule has 0 aromatic heterocycles. The van der Waals surface area contributed by atoms with Crippen LogP contribution in [0.2, 0.25) is 0 Å². The molecule has 2 aliphatic rings. The Labute approximate surface area is 170 Å². The second-order valence-electron chi connectivity index (χ2n) is 9.28. The van der Waals surface area contributed by atoms with Crippen molar-refractivity contribution >= 4 is 0 Å². The van der Waals surface area contributed by atoms with Crippen LogP contribution in [0.1, 0.15) is 101 Å². The Balaban J connectivity index is 1.47. The Morgan fingerprint density at radius 2 is 1.43 bits per heavy atom. The standard InChI is InChI=1S/C25H38F2O/c1-3-4-5-6-18-7-9-19(10-8-18)20-11-13-21(14-12-20)22-15-24(26)23(17-28-2)25(27)16-22/h15-16,18-21H,3-14,17H2,1-2H3/t18-,19-,20-,21-. The van der Waals surface area contributed by atoms with Crippen LogP contribution in [0.3, 0.4) is 0 Å². The van der Waals surface area contributed by atoms with E-state index in [1.54, 1.807) is 12.1 Å². The highest BCUT2D eigenvalue weighted by atomic mass is 19.1. The Hall–Kier alpha value is -0.960. The summed E-state index contributed by atoms with van der Waals surface area (Å²) in [4.78, 5) is 0. The fraction of sp³-hybridized carbons (Fsp3) is 0.760. The third-order valence-electron chi connectivity index (χ3n) is 7.47. The molecular weight excluding hydrogens is 354 g/mol. The lowest BCUT2D eigenvalue weighted by Gasteiger charge is -2.38. The van der Waals surface area contributed by atoms with Crippen LogP contribution >= 0.6 is 0 Å². The summed E-state index contributed by atoms with van der Waals surface area (Å²) in [5, 5.41) is 0. The summed E-state index contributed by atoms with van der Waals surface area (Å²) in [5.74, 6) is 2.08. The number of hydrogen-bond donors (Lipinski definition) is 0. The van der Waals surface area contributed by atoms with Gasteiger partial charge in [0.05, 0.1) is 6.61 Å². The normalized spacial score (nSPS) is 28.4. The average molecular weight is 393 g/mol. The Morgan fingerprint density at radius 3 is 1.96 bits per heavy atom. The number of unbranched alkanes of at least 4 members (excludes halogenated alkanes) is 2. The molecule has 28 heavy (non-hydrogen) atoms. The summed E-state index contributed by atoms with van der Waals surface area (Å²) in [6, 6.07) is 3.09. The van der Waals surface area contributed by atoms with Crippen LogP contribution in [0.15, 0.2) is 12.1 Å². The van der Waals surface area contributed by atoms with E-state index < -0.39 is 11.6 Å². The van der Waals surface area contributed by atoms with E-state index in [1.165, 1.54) is 71.3 Å². The maximum Gasteiger partial charge on any atom is 0.131 e. The number of rotatable bonds is 8. The summed E-state index contributed by atoms with van der Waals surface area (Å²) in [5.41, 5.74) is 0.892. The van der Waals surface area contributed by atoms with Gasteiger partial charge >= 0.3 is 0 Å². The lowest BCUT2D eigenvalue weighted by atomic mass is 9.68. The van der Waals surface area contributed by atoms with E-state index in [0.717, 1.165) is 36.2 Å². The fourth-order valence-electron chi connectivity index (χ4n) is 5.70. The molecule has 0 radical (unpaired) electrons. The molecule has 0 saturated heterocycles. The molecule has 2 aliphatic carbocycles. The summed E-state index contributed by atoms with van der Waals surface area (Å²) in [6.07, 6.45) is 15.8. The van der Waals surface area contributed by atoms with Crippen molar-refractivity contribution in [2.24, 2.45) is 17.8 Å². The van der Waals surface area contributed by atoms with E-state index in [-0.39, 0.29) is 12.2 Å². The van der Waals surface area contributed by atoms with Crippen LogP contribution < -0.4 is 0 Å². The first-order valence-corrected chi connectivity index (χ1v) is 11.6. The van der Waals surface area contributed by atoms with Gasteiger partial charge in [0, 0.05) is 12.7 Å². The van der Waals surface area contributed by atoms with Gasteiger partial charge in [-0.25, -0.2) is 8.78 Å². The van der Waals surface area contributed by atoms with Gasteiger partial charge in [0.25, 0.3) is 0 Å². The van der Waals surface area contributed by atoms with Gasteiger partial charge in [0.1, 0.15) is 11.6 Å². The number of hydrogen-bond acceptors (Lipinski definition) is 1. The maximum atomic E-state index is 14.2. The lowest BCUT2D eigenvalue weighted by molar-refractivity contribution is 0.155. The Morgan fingerprint density at radius 1 is 0.857 bits per heavy atom. The molecule has 3 heteroatoms. The highest BCUT2D eigenvalue weighted by molar-refractivity contribution is 5.28. The predicted molar refractivity (Wildman–Crippen MR) is 111 cm³/mol. The van der Waals surface area contributed by atoms with Gasteiger partial charge in [0.2, 0.25) is 0 Å². The zero-order valence-corrected chi connectivity index (χ0v) is 17.8. The second kappa shape index (κ2) is 10.7. The average Bonchev–Trinajstić information content (AvgIpc) is 2.71. The summed E-state index contributed by atoms with van der Waals surface area (Å²) < 4.78 is 33.4. The molecule has 0 bridgehead atoms. The number of ether oxygens (including phenoxy) is 1. The van der Waals surface area contributed by atoms with Crippen LogP contribution in [-0.2, 0) is 11.3 Å². The SMILES string of the molecule is CCCCC[C@H]1CC[C@H]([C@H]2CC[C@H](c3cc(F)c(COC)c(F)c3)CC2)CC1. The van der Waals surface area contributed by atoms with Crippen molar-refractivity contribution in [1.29, 1.82) is 0 Å². The molecule has 3 rings (SSSR count). The largest absolute Gasteiger partial charge is 0.380 e.